The van der Waals surface area contributed by atoms with E-state index < -0.39 is 11.3 Å². The molecule has 0 saturated carbocycles. The monoisotopic (exact) mass is 383 g/mol. The summed E-state index contributed by atoms with van der Waals surface area (Å²) in [5, 5.41) is 0. The van der Waals surface area contributed by atoms with E-state index in [1.807, 2.05) is 19.1 Å². The van der Waals surface area contributed by atoms with Crippen LogP contribution in [0.4, 0.5) is 0 Å². The summed E-state index contributed by atoms with van der Waals surface area (Å²) in [6.07, 6.45) is 14.2. The first-order valence-electron chi connectivity index (χ1n) is 10.3. The predicted molar refractivity (Wildman–Crippen MR) is 111 cm³/mol. The zero-order chi connectivity index (χ0) is 18.9. The van der Waals surface area contributed by atoms with E-state index in [9.17, 15) is 4.21 Å². The zero-order valence-corrected chi connectivity index (χ0v) is 17.5. The molecule has 0 aliphatic rings. The standard InChI is InChI=1S/C21H37NO3S/c1-3-5-6-7-8-9-10-11-12-13-19-24-20-14-16-21(17-15-20)25-26(23)22-18-4-2/h14-17,22H,3-13,18-19H2,1-2H3. The predicted octanol–water partition coefficient (Wildman–Crippen LogP) is 5.94. The molecule has 1 rings (SSSR count). The van der Waals surface area contributed by atoms with E-state index in [2.05, 4.69) is 11.6 Å². The molecule has 1 aromatic rings. The molecule has 0 aliphatic heterocycles. The molecule has 0 heterocycles. The van der Waals surface area contributed by atoms with Gasteiger partial charge in [0.1, 0.15) is 11.5 Å². The van der Waals surface area contributed by atoms with Gasteiger partial charge in [0.15, 0.2) is 0 Å². The lowest BCUT2D eigenvalue weighted by Gasteiger charge is -2.08. The minimum atomic E-state index is -1.48. The molecular formula is C21H37NO3S. The Hall–Kier alpha value is -1.07. The van der Waals surface area contributed by atoms with E-state index >= 15 is 0 Å². The summed E-state index contributed by atoms with van der Waals surface area (Å²) in [5.41, 5.74) is 0. The van der Waals surface area contributed by atoms with Crippen LogP contribution < -0.4 is 13.6 Å². The highest BCUT2D eigenvalue weighted by atomic mass is 32.2. The van der Waals surface area contributed by atoms with Gasteiger partial charge in [0.2, 0.25) is 0 Å². The van der Waals surface area contributed by atoms with Gasteiger partial charge < -0.3 is 8.92 Å². The van der Waals surface area contributed by atoms with Crippen LogP contribution >= 0.6 is 0 Å². The quantitative estimate of drug-likeness (QED) is 0.338. The first-order valence-corrected chi connectivity index (χ1v) is 11.4. The van der Waals surface area contributed by atoms with Crippen molar-refractivity contribution in [2.75, 3.05) is 13.2 Å². The first-order chi connectivity index (χ1) is 12.8. The van der Waals surface area contributed by atoms with E-state index in [1.54, 1.807) is 12.1 Å². The zero-order valence-electron chi connectivity index (χ0n) is 16.6. The second-order valence-corrected chi connectivity index (χ2v) is 7.64. The Labute approximate surface area is 162 Å². The van der Waals surface area contributed by atoms with Gasteiger partial charge in [0.05, 0.1) is 6.61 Å². The van der Waals surface area contributed by atoms with Crippen LogP contribution in [-0.2, 0) is 11.3 Å². The molecule has 1 unspecified atom stereocenters. The van der Waals surface area contributed by atoms with Crippen molar-refractivity contribution in [3.8, 4) is 11.5 Å². The van der Waals surface area contributed by atoms with Crippen LogP contribution in [-0.4, -0.2) is 17.4 Å². The highest BCUT2D eigenvalue weighted by Gasteiger charge is 2.02. The SMILES string of the molecule is CCCCCCCCCCCCOc1ccc(OS(=O)NCCC)cc1. The molecule has 0 radical (unpaired) electrons. The lowest BCUT2D eigenvalue weighted by molar-refractivity contribution is 0.304. The molecule has 0 aliphatic carbocycles. The van der Waals surface area contributed by atoms with Gasteiger partial charge in [-0.1, -0.05) is 71.6 Å². The lowest BCUT2D eigenvalue weighted by Crippen LogP contribution is -2.22. The van der Waals surface area contributed by atoms with Crippen molar-refractivity contribution in [2.24, 2.45) is 0 Å². The van der Waals surface area contributed by atoms with E-state index in [1.165, 1.54) is 57.8 Å². The highest BCUT2D eigenvalue weighted by Crippen LogP contribution is 2.18. The Kier molecular flexibility index (Phi) is 14.2. The Morgan fingerprint density at radius 3 is 1.88 bits per heavy atom. The Balaban J connectivity index is 2.01. The molecule has 0 bridgehead atoms. The number of rotatable bonds is 17. The number of hydrogen-bond donors (Lipinski definition) is 1. The topological polar surface area (TPSA) is 47.6 Å². The summed E-state index contributed by atoms with van der Waals surface area (Å²) in [5.74, 6) is 1.42. The Morgan fingerprint density at radius 2 is 1.31 bits per heavy atom. The molecule has 150 valence electrons. The Morgan fingerprint density at radius 1 is 0.769 bits per heavy atom. The van der Waals surface area contributed by atoms with Crippen LogP contribution in [0.3, 0.4) is 0 Å². The van der Waals surface area contributed by atoms with Crippen LogP contribution in [0.25, 0.3) is 0 Å². The minimum absolute atomic E-state index is 0.582. The van der Waals surface area contributed by atoms with Crippen LogP contribution in [0.2, 0.25) is 0 Å². The molecule has 1 atom stereocenters. The van der Waals surface area contributed by atoms with E-state index in [0.29, 0.717) is 12.3 Å². The van der Waals surface area contributed by atoms with Crippen molar-refractivity contribution in [2.45, 2.75) is 84.5 Å². The van der Waals surface area contributed by atoms with Crippen molar-refractivity contribution in [1.29, 1.82) is 0 Å². The third-order valence-corrected chi connectivity index (χ3v) is 5.02. The van der Waals surface area contributed by atoms with E-state index in [4.69, 9.17) is 8.92 Å². The summed E-state index contributed by atoms with van der Waals surface area (Å²) in [6.45, 7) is 5.71. The maximum atomic E-state index is 11.6. The summed E-state index contributed by atoms with van der Waals surface area (Å²) < 4.78 is 25.4. The minimum Gasteiger partial charge on any atom is -0.494 e. The second-order valence-electron chi connectivity index (χ2n) is 6.71. The number of ether oxygens (including phenoxy) is 1. The highest BCUT2D eigenvalue weighted by molar-refractivity contribution is 7.78. The summed E-state index contributed by atoms with van der Waals surface area (Å²) >= 11 is -1.48. The molecule has 1 N–H and O–H groups in total. The van der Waals surface area contributed by atoms with Crippen LogP contribution in [0.15, 0.2) is 24.3 Å². The van der Waals surface area contributed by atoms with Gasteiger partial charge in [-0.05, 0) is 37.1 Å². The maximum absolute atomic E-state index is 11.6. The smallest absolute Gasteiger partial charge is 0.287 e. The molecule has 0 amide bonds. The molecule has 26 heavy (non-hydrogen) atoms. The normalized spacial score (nSPS) is 12.1. The van der Waals surface area contributed by atoms with Gasteiger partial charge in [-0.3, -0.25) is 0 Å². The van der Waals surface area contributed by atoms with Gasteiger partial charge in [0.25, 0.3) is 11.3 Å². The van der Waals surface area contributed by atoms with Gasteiger partial charge in [0, 0.05) is 6.54 Å². The average Bonchev–Trinajstić information content (AvgIpc) is 2.65. The fourth-order valence-electron chi connectivity index (χ4n) is 2.67. The van der Waals surface area contributed by atoms with Gasteiger partial charge in [-0.2, -0.15) is 4.21 Å². The molecular weight excluding hydrogens is 346 g/mol. The average molecular weight is 384 g/mol. The van der Waals surface area contributed by atoms with Crippen LogP contribution in [0, 0.1) is 0 Å². The second kappa shape index (κ2) is 16.1. The van der Waals surface area contributed by atoms with Crippen LogP contribution in [0.1, 0.15) is 84.5 Å². The number of benzene rings is 1. The molecule has 0 saturated heterocycles. The molecule has 5 heteroatoms. The van der Waals surface area contributed by atoms with Crippen LogP contribution in [0.5, 0.6) is 11.5 Å². The largest absolute Gasteiger partial charge is 0.494 e. The number of hydrogen-bond acceptors (Lipinski definition) is 3. The van der Waals surface area contributed by atoms with Crippen molar-refractivity contribution in [3.63, 3.8) is 0 Å². The number of nitrogens with one attached hydrogen (secondary N) is 1. The van der Waals surface area contributed by atoms with Crippen molar-refractivity contribution >= 4 is 11.3 Å². The first kappa shape index (κ1) is 23.0. The molecule has 0 aromatic heterocycles. The molecule has 1 aromatic carbocycles. The Bertz CT molecular complexity index is 465. The fourth-order valence-corrected chi connectivity index (χ4v) is 3.39. The molecule has 0 spiro atoms. The summed E-state index contributed by atoms with van der Waals surface area (Å²) in [6, 6.07) is 7.31. The van der Waals surface area contributed by atoms with Crippen molar-refractivity contribution < 1.29 is 13.1 Å². The van der Waals surface area contributed by atoms with E-state index in [0.717, 1.165) is 25.2 Å². The summed E-state index contributed by atoms with van der Waals surface area (Å²) in [4.78, 5) is 0. The molecule has 0 fully saturated rings. The van der Waals surface area contributed by atoms with E-state index in [-0.39, 0.29) is 0 Å². The lowest BCUT2D eigenvalue weighted by atomic mass is 10.1. The van der Waals surface area contributed by atoms with Gasteiger partial charge >= 0.3 is 0 Å². The van der Waals surface area contributed by atoms with Gasteiger partial charge in [-0.15, -0.1) is 0 Å². The fraction of sp³-hybridized carbons (Fsp3) is 0.714. The third kappa shape index (κ3) is 12.3. The van der Waals surface area contributed by atoms with Crippen molar-refractivity contribution in [1.82, 2.24) is 4.72 Å². The van der Waals surface area contributed by atoms with Gasteiger partial charge in [-0.25, -0.2) is 4.72 Å². The maximum Gasteiger partial charge on any atom is 0.287 e. The summed E-state index contributed by atoms with van der Waals surface area (Å²) in [7, 11) is 0. The molecule has 4 nitrogen and oxygen atoms in total. The van der Waals surface area contributed by atoms with Crippen molar-refractivity contribution in [3.05, 3.63) is 24.3 Å². The third-order valence-electron chi connectivity index (χ3n) is 4.23. The number of unbranched alkanes of at least 4 members (excludes halogenated alkanes) is 9.